The van der Waals surface area contributed by atoms with E-state index in [9.17, 15) is 0 Å². The van der Waals surface area contributed by atoms with Crippen LogP contribution < -0.4 is 5.32 Å². The lowest BCUT2D eigenvalue weighted by Gasteiger charge is -2.27. The third-order valence-corrected chi connectivity index (χ3v) is 4.84. The summed E-state index contributed by atoms with van der Waals surface area (Å²) in [6, 6.07) is 6.55. The number of halogens is 2. The lowest BCUT2D eigenvalue weighted by Crippen LogP contribution is -2.29. The number of hydrogen-bond donors (Lipinski definition) is 1. The van der Waals surface area contributed by atoms with Crippen molar-refractivity contribution in [3.05, 3.63) is 33.3 Å². The molecule has 2 unspecified atom stereocenters. The van der Waals surface area contributed by atoms with Crippen molar-refractivity contribution in [1.82, 2.24) is 10.2 Å². The van der Waals surface area contributed by atoms with Gasteiger partial charge in [0.25, 0.3) is 0 Å². The van der Waals surface area contributed by atoms with Crippen LogP contribution in [0, 0.1) is 5.92 Å². The monoisotopic (exact) mass is 344 g/mol. The zero-order valence-electron chi connectivity index (χ0n) is 11.6. The van der Waals surface area contributed by atoms with Crippen LogP contribution in [0.15, 0.2) is 22.7 Å². The Balaban J connectivity index is 2.16. The first kappa shape index (κ1) is 15.3. The van der Waals surface area contributed by atoms with Gasteiger partial charge < -0.3 is 5.32 Å². The Hall–Kier alpha value is -0.0900. The molecule has 4 heteroatoms. The lowest BCUT2D eigenvalue weighted by atomic mass is 9.93. The highest BCUT2D eigenvalue weighted by molar-refractivity contribution is 9.10. The molecule has 1 aromatic rings. The number of nitrogens with zero attached hydrogens (tertiary/aromatic N) is 1. The minimum atomic E-state index is 0.456. The molecule has 0 aliphatic carbocycles. The number of hydrogen-bond acceptors (Lipinski definition) is 2. The minimum Gasteiger partial charge on any atom is -0.316 e. The first-order valence-corrected chi connectivity index (χ1v) is 8.16. The highest BCUT2D eigenvalue weighted by Crippen LogP contribution is 2.39. The smallest absolute Gasteiger partial charge is 0.0410 e. The lowest BCUT2D eigenvalue weighted by molar-refractivity contribution is 0.271. The van der Waals surface area contributed by atoms with Crippen LogP contribution in [0.2, 0.25) is 5.02 Å². The van der Waals surface area contributed by atoms with Gasteiger partial charge in [-0.15, -0.1) is 0 Å². The molecular formula is C15H22BrClN2. The van der Waals surface area contributed by atoms with Gasteiger partial charge in [0.2, 0.25) is 0 Å². The van der Waals surface area contributed by atoms with E-state index in [0.29, 0.717) is 12.0 Å². The molecule has 2 nitrogen and oxygen atoms in total. The van der Waals surface area contributed by atoms with Crippen LogP contribution in [0.5, 0.6) is 0 Å². The Morgan fingerprint density at radius 3 is 3.00 bits per heavy atom. The van der Waals surface area contributed by atoms with Crippen LogP contribution in [0.25, 0.3) is 0 Å². The second-order valence-corrected chi connectivity index (χ2v) is 6.63. The van der Waals surface area contributed by atoms with Crippen molar-refractivity contribution < 1.29 is 0 Å². The van der Waals surface area contributed by atoms with Crippen molar-refractivity contribution in [1.29, 1.82) is 0 Å². The minimum absolute atomic E-state index is 0.456. The summed E-state index contributed by atoms with van der Waals surface area (Å²) in [4.78, 5) is 2.44. The molecule has 0 bridgehead atoms. The van der Waals surface area contributed by atoms with Gasteiger partial charge in [-0.05, 0) is 69.2 Å². The maximum Gasteiger partial charge on any atom is 0.0410 e. The topological polar surface area (TPSA) is 15.3 Å². The zero-order chi connectivity index (χ0) is 13.8. The standard InChI is InChI=1S/C15H22BrClN2/c1-3-7-18-10-11-6-8-19(2)15(11)13-9-12(17)4-5-14(13)16/h4-5,9,11,15,18H,3,6-8,10H2,1-2H3. The summed E-state index contributed by atoms with van der Waals surface area (Å²) in [5, 5.41) is 4.37. The van der Waals surface area contributed by atoms with Crippen LogP contribution in [-0.2, 0) is 0 Å². The first-order valence-electron chi connectivity index (χ1n) is 6.99. The molecule has 1 aromatic carbocycles. The van der Waals surface area contributed by atoms with Gasteiger partial charge in [-0.25, -0.2) is 0 Å². The Morgan fingerprint density at radius 1 is 1.47 bits per heavy atom. The molecule has 1 saturated heterocycles. The molecule has 1 heterocycles. The molecule has 1 N–H and O–H groups in total. The summed E-state index contributed by atoms with van der Waals surface area (Å²) in [6.45, 7) is 5.55. The van der Waals surface area contributed by atoms with E-state index in [-0.39, 0.29) is 0 Å². The highest BCUT2D eigenvalue weighted by Gasteiger charge is 2.33. The predicted octanol–water partition coefficient (Wildman–Crippen LogP) is 4.09. The van der Waals surface area contributed by atoms with E-state index in [0.717, 1.165) is 29.1 Å². The maximum atomic E-state index is 6.16. The molecule has 0 aromatic heterocycles. The highest BCUT2D eigenvalue weighted by atomic mass is 79.9. The van der Waals surface area contributed by atoms with E-state index in [1.165, 1.54) is 18.4 Å². The molecule has 0 saturated carbocycles. The quantitative estimate of drug-likeness (QED) is 0.808. The van der Waals surface area contributed by atoms with Crippen LogP contribution in [0.1, 0.15) is 31.4 Å². The molecular weight excluding hydrogens is 324 g/mol. The number of likely N-dealkylation sites (tertiary alicyclic amines) is 1. The maximum absolute atomic E-state index is 6.16. The molecule has 0 spiro atoms. The van der Waals surface area contributed by atoms with E-state index in [1.807, 2.05) is 6.07 Å². The van der Waals surface area contributed by atoms with Gasteiger partial charge in [0.15, 0.2) is 0 Å². The summed E-state index contributed by atoms with van der Waals surface area (Å²) in [5.41, 5.74) is 1.32. The van der Waals surface area contributed by atoms with Crippen LogP contribution >= 0.6 is 27.5 Å². The Kier molecular flexibility index (Phi) is 5.70. The Bertz CT molecular complexity index is 425. The normalized spacial score (nSPS) is 24.0. The van der Waals surface area contributed by atoms with E-state index in [4.69, 9.17) is 11.6 Å². The summed E-state index contributed by atoms with van der Waals surface area (Å²) >= 11 is 9.83. The first-order chi connectivity index (χ1) is 9.13. The summed E-state index contributed by atoms with van der Waals surface area (Å²) < 4.78 is 1.16. The molecule has 2 rings (SSSR count). The summed E-state index contributed by atoms with van der Waals surface area (Å²) in [5.74, 6) is 0.659. The fourth-order valence-corrected chi connectivity index (χ4v) is 3.60. The molecule has 2 atom stereocenters. The van der Waals surface area contributed by atoms with Gasteiger partial charge in [-0.3, -0.25) is 4.90 Å². The number of rotatable bonds is 5. The molecule has 1 fully saturated rings. The molecule has 0 radical (unpaired) electrons. The van der Waals surface area contributed by atoms with E-state index >= 15 is 0 Å². The van der Waals surface area contributed by atoms with Gasteiger partial charge in [-0.1, -0.05) is 34.5 Å². The Morgan fingerprint density at radius 2 is 2.26 bits per heavy atom. The average molecular weight is 346 g/mol. The molecule has 19 heavy (non-hydrogen) atoms. The van der Waals surface area contributed by atoms with Gasteiger partial charge in [0, 0.05) is 15.5 Å². The molecule has 1 aliphatic rings. The third-order valence-electron chi connectivity index (χ3n) is 3.88. The van der Waals surface area contributed by atoms with Crippen molar-refractivity contribution in [2.45, 2.75) is 25.8 Å². The van der Waals surface area contributed by atoms with Gasteiger partial charge in [0.05, 0.1) is 0 Å². The van der Waals surface area contributed by atoms with Crippen LogP contribution in [0.4, 0.5) is 0 Å². The Labute approximate surface area is 129 Å². The van der Waals surface area contributed by atoms with Gasteiger partial charge in [0.1, 0.15) is 0 Å². The van der Waals surface area contributed by atoms with Gasteiger partial charge >= 0.3 is 0 Å². The van der Waals surface area contributed by atoms with Crippen molar-refractivity contribution in [3.63, 3.8) is 0 Å². The fraction of sp³-hybridized carbons (Fsp3) is 0.600. The average Bonchev–Trinajstić information content (AvgIpc) is 2.74. The van der Waals surface area contributed by atoms with Crippen molar-refractivity contribution >= 4 is 27.5 Å². The van der Waals surface area contributed by atoms with Crippen LogP contribution in [0.3, 0.4) is 0 Å². The van der Waals surface area contributed by atoms with E-state index in [2.05, 4.69) is 52.3 Å². The van der Waals surface area contributed by atoms with Crippen molar-refractivity contribution in [2.75, 3.05) is 26.7 Å². The molecule has 1 aliphatic heterocycles. The second-order valence-electron chi connectivity index (χ2n) is 5.34. The predicted molar refractivity (Wildman–Crippen MR) is 85.8 cm³/mol. The summed E-state index contributed by atoms with van der Waals surface area (Å²) in [7, 11) is 2.21. The summed E-state index contributed by atoms with van der Waals surface area (Å²) in [6.07, 6.45) is 2.44. The fourth-order valence-electron chi connectivity index (χ4n) is 2.94. The van der Waals surface area contributed by atoms with E-state index < -0.39 is 0 Å². The number of nitrogens with one attached hydrogen (secondary N) is 1. The molecule has 106 valence electrons. The largest absolute Gasteiger partial charge is 0.316 e. The van der Waals surface area contributed by atoms with E-state index in [1.54, 1.807) is 0 Å². The number of benzene rings is 1. The van der Waals surface area contributed by atoms with Gasteiger partial charge in [-0.2, -0.15) is 0 Å². The van der Waals surface area contributed by atoms with Crippen molar-refractivity contribution in [3.8, 4) is 0 Å². The zero-order valence-corrected chi connectivity index (χ0v) is 14.0. The second kappa shape index (κ2) is 7.07. The van der Waals surface area contributed by atoms with Crippen molar-refractivity contribution in [2.24, 2.45) is 5.92 Å². The molecule has 0 amide bonds. The SMILES string of the molecule is CCCNCC1CCN(C)C1c1cc(Cl)ccc1Br. The third kappa shape index (κ3) is 3.72. The van der Waals surface area contributed by atoms with Crippen LogP contribution in [-0.4, -0.2) is 31.6 Å².